The monoisotopic (exact) mass is 416 g/mol. The van der Waals surface area contributed by atoms with Crippen LogP contribution in [0, 0.1) is 17.0 Å². The Hall–Kier alpha value is -3.11. The van der Waals surface area contributed by atoms with Crippen LogP contribution in [0.5, 0.6) is 0 Å². The van der Waals surface area contributed by atoms with E-state index in [0.29, 0.717) is 23.9 Å². The first-order valence-electron chi connectivity index (χ1n) is 9.21. The molecule has 0 radical (unpaired) electrons. The second kappa shape index (κ2) is 9.39. The van der Waals surface area contributed by atoms with E-state index in [1.165, 1.54) is 17.4 Å². The summed E-state index contributed by atoms with van der Waals surface area (Å²) < 4.78 is 5.72. The number of quaternary nitrogens is 1. The largest absolute Gasteiger partial charge is 0.414 e. The highest BCUT2D eigenvalue weighted by atomic mass is 32.1. The summed E-state index contributed by atoms with van der Waals surface area (Å²) in [5.41, 5.74) is 0.756. The maximum atomic E-state index is 12.6. The van der Waals surface area contributed by atoms with Gasteiger partial charge in [0.15, 0.2) is 13.1 Å². The first-order chi connectivity index (χ1) is 14.0. The van der Waals surface area contributed by atoms with Crippen LogP contribution in [0.1, 0.15) is 24.8 Å². The van der Waals surface area contributed by atoms with E-state index in [-0.39, 0.29) is 23.8 Å². The summed E-state index contributed by atoms with van der Waals surface area (Å²) >= 11 is 1.51. The lowest BCUT2D eigenvalue weighted by Gasteiger charge is -2.17. The van der Waals surface area contributed by atoms with E-state index in [0.717, 1.165) is 22.7 Å². The van der Waals surface area contributed by atoms with Crippen LogP contribution in [0.15, 0.2) is 40.1 Å². The number of para-hydroxylation sites is 1. The SMILES string of the molecule is CCC[NH+](CC(=O)Nc1c(C)cccc1[N+](=O)[O-])Cc1nnc(-c2cccs2)o1. The molecule has 0 bridgehead atoms. The number of anilines is 1. The van der Waals surface area contributed by atoms with Crippen LogP contribution in [0.3, 0.4) is 0 Å². The third-order valence-corrected chi connectivity index (χ3v) is 5.18. The number of hydrogen-bond donors (Lipinski definition) is 2. The fraction of sp³-hybridized carbons (Fsp3) is 0.316. The van der Waals surface area contributed by atoms with E-state index >= 15 is 0 Å². The number of aryl methyl sites for hydroxylation is 1. The van der Waals surface area contributed by atoms with Crippen molar-refractivity contribution in [1.82, 2.24) is 10.2 Å². The summed E-state index contributed by atoms with van der Waals surface area (Å²) in [7, 11) is 0. The van der Waals surface area contributed by atoms with Gasteiger partial charge in [0.1, 0.15) is 5.69 Å². The minimum atomic E-state index is -0.496. The molecule has 0 spiro atoms. The molecular formula is C19H22N5O4S+. The maximum Gasteiger partial charge on any atom is 0.293 e. The number of carbonyl (C=O) groups excluding carboxylic acids is 1. The normalized spacial score (nSPS) is 11.9. The van der Waals surface area contributed by atoms with Crippen LogP contribution in [0.25, 0.3) is 10.8 Å². The predicted molar refractivity (Wildman–Crippen MR) is 109 cm³/mol. The van der Waals surface area contributed by atoms with Gasteiger partial charge in [-0.05, 0) is 30.4 Å². The van der Waals surface area contributed by atoms with Crippen molar-refractivity contribution in [3.05, 3.63) is 57.3 Å². The summed E-state index contributed by atoms with van der Waals surface area (Å²) in [4.78, 5) is 25.2. The molecule has 0 saturated heterocycles. The molecule has 152 valence electrons. The van der Waals surface area contributed by atoms with Crippen molar-refractivity contribution in [2.24, 2.45) is 0 Å². The number of nitrogens with zero attached hydrogens (tertiary/aromatic N) is 3. The number of benzene rings is 1. The lowest BCUT2D eigenvalue weighted by atomic mass is 10.1. The van der Waals surface area contributed by atoms with Crippen molar-refractivity contribution in [2.75, 3.05) is 18.4 Å². The Labute approximate surface area is 171 Å². The predicted octanol–water partition coefficient (Wildman–Crippen LogP) is 2.45. The maximum absolute atomic E-state index is 12.6. The number of nitrogens with one attached hydrogen (secondary N) is 2. The van der Waals surface area contributed by atoms with Crippen LogP contribution >= 0.6 is 11.3 Å². The minimum absolute atomic E-state index is 0.118. The van der Waals surface area contributed by atoms with E-state index < -0.39 is 4.92 Å². The zero-order chi connectivity index (χ0) is 20.8. The van der Waals surface area contributed by atoms with Crippen molar-refractivity contribution >= 4 is 28.6 Å². The average molecular weight is 416 g/mol. The number of amides is 1. The van der Waals surface area contributed by atoms with Gasteiger partial charge in [-0.25, -0.2) is 0 Å². The average Bonchev–Trinajstić information content (AvgIpc) is 3.35. The molecule has 2 aromatic heterocycles. The molecule has 2 heterocycles. The third-order valence-electron chi connectivity index (χ3n) is 4.33. The highest BCUT2D eigenvalue weighted by molar-refractivity contribution is 7.13. The summed E-state index contributed by atoms with van der Waals surface area (Å²) in [6.45, 7) is 5.00. The Morgan fingerprint density at radius 2 is 2.14 bits per heavy atom. The van der Waals surface area contributed by atoms with Crippen molar-refractivity contribution in [2.45, 2.75) is 26.8 Å². The molecule has 0 aliphatic rings. The van der Waals surface area contributed by atoms with Gasteiger partial charge >= 0.3 is 0 Å². The molecule has 1 unspecified atom stereocenters. The van der Waals surface area contributed by atoms with Gasteiger partial charge in [0.25, 0.3) is 23.4 Å². The van der Waals surface area contributed by atoms with Gasteiger partial charge in [-0.15, -0.1) is 21.5 Å². The van der Waals surface area contributed by atoms with Gasteiger partial charge in [0.2, 0.25) is 0 Å². The third kappa shape index (κ3) is 5.24. The number of aromatic nitrogens is 2. The molecule has 0 fully saturated rings. The van der Waals surface area contributed by atoms with Crippen molar-refractivity contribution in [3.63, 3.8) is 0 Å². The Kier molecular flexibility index (Phi) is 6.68. The Morgan fingerprint density at radius 1 is 1.31 bits per heavy atom. The molecule has 0 aliphatic carbocycles. The minimum Gasteiger partial charge on any atom is -0.414 e. The molecule has 0 saturated carbocycles. The van der Waals surface area contributed by atoms with Crippen LogP contribution in [-0.2, 0) is 11.3 Å². The van der Waals surface area contributed by atoms with Gasteiger partial charge in [0.05, 0.1) is 16.3 Å². The quantitative estimate of drug-likeness (QED) is 0.409. The Bertz CT molecular complexity index is 986. The Morgan fingerprint density at radius 3 is 2.83 bits per heavy atom. The van der Waals surface area contributed by atoms with E-state index in [9.17, 15) is 14.9 Å². The zero-order valence-corrected chi connectivity index (χ0v) is 17.0. The number of nitro groups is 1. The topological polar surface area (TPSA) is 116 Å². The van der Waals surface area contributed by atoms with Gasteiger partial charge in [-0.1, -0.05) is 25.1 Å². The molecule has 3 aromatic rings. The molecule has 29 heavy (non-hydrogen) atoms. The van der Waals surface area contributed by atoms with Crippen LogP contribution in [0.4, 0.5) is 11.4 Å². The molecule has 0 aliphatic heterocycles. The molecule has 2 N–H and O–H groups in total. The number of nitro benzene ring substituents is 1. The van der Waals surface area contributed by atoms with Gasteiger partial charge in [-0.2, -0.15) is 0 Å². The van der Waals surface area contributed by atoms with Crippen molar-refractivity contribution < 1.29 is 19.0 Å². The fourth-order valence-electron chi connectivity index (χ4n) is 3.01. The van der Waals surface area contributed by atoms with E-state index in [4.69, 9.17) is 4.42 Å². The number of rotatable bonds is 9. The molecular weight excluding hydrogens is 394 g/mol. The lowest BCUT2D eigenvalue weighted by molar-refractivity contribution is -0.907. The van der Waals surface area contributed by atoms with E-state index in [2.05, 4.69) is 15.5 Å². The molecule has 1 atom stereocenters. The zero-order valence-electron chi connectivity index (χ0n) is 16.2. The van der Waals surface area contributed by atoms with Crippen LogP contribution < -0.4 is 10.2 Å². The summed E-state index contributed by atoms with van der Waals surface area (Å²) in [6, 6.07) is 8.51. The first kappa shape index (κ1) is 20.6. The fourth-order valence-corrected chi connectivity index (χ4v) is 3.65. The van der Waals surface area contributed by atoms with Crippen molar-refractivity contribution in [3.8, 4) is 10.8 Å². The summed E-state index contributed by atoms with van der Waals surface area (Å²) in [5.74, 6) is 0.612. The standard InChI is InChI=1S/C19H21N5O4S/c1-3-9-23(12-17-21-22-19(28-17)15-8-5-10-29-15)11-16(25)20-18-13(2)6-4-7-14(18)24(26)27/h4-8,10H,3,9,11-12H2,1-2H3,(H,20,25)/p+1. The van der Waals surface area contributed by atoms with E-state index in [1.54, 1.807) is 19.1 Å². The second-order valence-corrected chi connectivity index (χ2v) is 7.55. The lowest BCUT2D eigenvalue weighted by Crippen LogP contribution is -3.11. The summed E-state index contributed by atoms with van der Waals surface area (Å²) in [6.07, 6.45) is 0.860. The van der Waals surface area contributed by atoms with E-state index in [1.807, 2.05) is 24.4 Å². The molecule has 1 aromatic carbocycles. The number of hydrogen-bond acceptors (Lipinski definition) is 7. The first-order valence-corrected chi connectivity index (χ1v) is 10.1. The van der Waals surface area contributed by atoms with Crippen LogP contribution in [0.2, 0.25) is 0 Å². The van der Waals surface area contributed by atoms with Crippen LogP contribution in [-0.4, -0.2) is 34.1 Å². The molecule has 1 amide bonds. The number of carbonyl (C=O) groups is 1. The van der Waals surface area contributed by atoms with Crippen molar-refractivity contribution in [1.29, 1.82) is 0 Å². The van der Waals surface area contributed by atoms with Gasteiger partial charge < -0.3 is 14.6 Å². The summed E-state index contributed by atoms with van der Waals surface area (Å²) in [5, 5.41) is 24.0. The highest BCUT2D eigenvalue weighted by Crippen LogP contribution is 2.27. The van der Waals surface area contributed by atoms with Gasteiger partial charge in [0, 0.05) is 6.07 Å². The molecule has 3 rings (SSSR count). The Balaban J connectivity index is 1.68. The smallest absolute Gasteiger partial charge is 0.293 e. The number of thiophene rings is 1. The van der Waals surface area contributed by atoms with Gasteiger partial charge in [-0.3, -0.25) is 14.9 Å². The highest BCUT2D eigenvalue weighted by Gasteiger charge is 2.22. The molecule has 10 heteroatoms. The second-order valence-electron chi connectivity index (χ2n) is 6.61. The molecule has 9 nitrogen and oxygen atoms in total.